The molecule has 0 aromatic rings. The lowest BCUT2D eigenvalue weighted by Crippen LogP contribution is -2.37. The van der Waals surface area contributed by atoms with E-state index in [0.29, 0.717) is 6.54 Å². The van der Waals surface area contributed by atoms with E-state index in [0.717, 1.165) is 12.3 Å². The average molecular weight is 216 g/mol. The molecule has 0 unspecified atom stereocenters. The molecule has 0 aromatic heterocycles. The van der Waals surface area contributed by atoms with E-state index in [9.17, 15) is 9.59 Å². The number of aliphatic carboxylic acids is 1. The molecule has 1 fully saturated rings. The van der Waals surface area contributed by atoms with Crippen molar-refractivity contribution < 1.29 is 19.5 Å². The molecule has 0 bridgehead atoms. The average Bonchev–Trinajstić information content (AvgIpc) is 2.08. The third-order valence-corrected chi connectivity index (χ3v) is 2.42. The molecule has 0 radical (unpaired) electrons. The smallest absolute Gasteiger partial charge is 0.338 e. The molecule has 1 rings (SSSR count). The van der Waals surface area contributed by atoms with Crippen LogP contribution in [0.2, 0.25) is 0 Å². The van der Waals surface area contributed by atoms with Crippen LogP contribution in [-0.2, 0) is 9.63 Å². The first-order valence-electron chi connectivity index (χ1n) is 5.06. The third-order valence-electron chi connectivity index (χ3n) is 2.42. The minimum absolute atomic E-state index is 0.490. The number of nitrogens with one attached hydrogen (secondary N) is 2. The second-order valence-electron chi connectivity index (χ2n) is 3.63. The summed E-state index contributed by atoms with van der Waals surface area (Å²) in [5.74, 6) is -0.380. The predicted octanol–water partition coefficient (Wildman–Crippen LogP) is 0.492. The number of hydrogen-bond acceptors (Lipinski definition) is 3. The lowest BCUT2D eigenvalue weighted by atomic mass is 9.83. The predicted molar refractivity (Wildman–Crippen MR) is 52.1 cm³/mol. The molecule has 0 aliphatic heterocycles. The van der Waals surface area contributed by atoms with Crippen molar-refractivity contribution >= 4 is 12.0 Å². The van der Waals surface area contributed by atoms with E-state index in [1.165, 1.54) is 19.3 Å². The first-order valence-corrected chi connectivity index (χ1v) is 5.06. The lowest BCUT2D eigenvalue weighted by molar-refractivity contribution is -0.144. The van der Waals surface area contributed by atoms with Crippen molar-refractivity contribution in [2.75, 3.05) is 13.2 Å². The first kappa shape index (κ1) is 11.8. The fourth-order valence-electron chi connectivity index (χ4n) is 1.37. The van der Waals surface area contributed by atoms with Gasteiger partial charge in [-0.05, 0) is 12.3 Å². The summed E-state index contributed by atoms with van der Waals surface area (Å²) in [7, 11) is 0. The van der Waals surface area contributed by atoms with Crippen LogP contribution < -0.4 is 10.8 Å². The highest BCUT2D eigenvalue weighted by Crippen LogP contribution is 2.28. The number of carbonyl (C=O) groups excluding carboxylic acids is 1. The molecule has 0 heterocycles. The molecular weight excluding hydrogens is 200 g/mol. The molecule has 86 valence electrons. The Labute approximate surface area is 87.9 Å². The topological polar surface area (TPSA) is 87.7 Å². The molecule has 0 spiro atoms. The molecule has 3 N–H and O–H groups in total. The standard InChI is InChI=1S/C9H16N2O4/c12-8(13)6-15-11-9(14)10-5-4-7-2-1-3-7/h7H,1-6H2,(H,12,13)(H2,10,11,14). The van der Waals surface area contributed by atoms with Gasteiger partial charge in [-0.2, -0.15) is 0 Å². The SMILES string of the molecule is O=C(O)CONC(=O)NCCC1CCC1. The van der Waals surface area contributed by atoms with Crippen molar-refractivity contribution in [1.82, 2.24) is 10.8 Å². The van der Waals surface area contributed by atoms with Gasteiger partial charge in [0, 0.05) is 6.54 Å². The van der Waals surface area contributed by atoms with Gasteiger partial charge in [0.05, 0.1) is 0 Å². The van der Waals surface area contributed by atoms with Gasteiger partial charge in [0.15, 0.2) is 6.61 Å². The summed E-state index contributed by atoms with van der Waals surface area (Å²) in [6.45, 7) is 0.0724. The summed E-state index contributed by atoms with van der Waals surface area (Å²) in [4.78, 5) is 25.4. The second-order valence-corrected chi connectivity index (χ2v) is 3.63. The highest BCUT2D eigenvalue weighted by Gasteiger charge is 2.16. The quantitative estimate of drug-likeness (QED) is 0.564. The molecule has 1 aliphatic rings. The van der Waals surface area contributed by atoms with Gasteiger partial charge in [-0.15, -0.1) is 0 Å². The van der Waals surface area contributed by atoms with Crippen molar-refractivity contribution in [2.24, 2.45) is 5.92 Å². The molecule has 1 saturated carbocycles. The van der Waals surface area contributed by atoms with Crippen LogP contribution in [0.4, 0.5) is 4.79 Å². The van der Waals surface area contributed by atoms with Crippen LogP contribution in [0.5, 0.6) is 0 Å². The Hall–Kier alpha value is -1.30. The molecule has 6 nitrogen and oxygen atoms in total. The number of carbonyl (C=O) groups is 2. The van der Waals surface area contributed by atoms with Gasteiger partial charge in [-0.25, -0.2) is 15.1 Å². The van der Waals surface area contributed by atoms with Gasteiger partial charge >= 0.3 is 12.0 Å². The van der Waals surface area contributed by atoms with Gasteiger partial charge in [-0.3, -0.25) is 4.84 Å². The Kier molecular flexibility index (Phi) is 4.89. The van der Waals surface area contributed by atoms with E-state index in [-0.39, 0.29) is 0 Å². The Morgan fingerprint density at radius 3 is 2.67 bits per heavy atom. The minimum atomic E-state index is -1.12. The Bertz CT molecular complexity index is 228. The van der Waals surface area contributed by atoms with Crippen LogP contribution >= 0.6 is 0 Å². The highest BCUT2D eigenvalue weighted by atomic mass is 16.7. The number of hydrogen-bond donors (Lipinski definition) is 3. The maximum Gasteiger partial charge on any atom is 0.338 e. The highest BCUT2D eigenvalue weighted by molar-refractivity contribution is 5.73. The number of rotatable bonds is 6. The number of carboxylic acid groups (broad SMARTS) is 1. The maximum atomic E-state index is 11.0. The molecule has 0 aromatic carbocycles. The van der Waals surface area contributed by atoms with Crippen LogP contribution in [0.1, 0.15) is 25.7 Å². The van der Waals surface area contributed by atoms with E-state index in [1.54, 1.807) is 0 Å². The summed E-state index contributed by atoms with van der Waals surface area (Å²) < 4.78 is 0. The van der Waals surface area contributed by atoms with Crippen LogP contribution in [0.3, 0.4) is 0 Å². The molecule has 6 heteroatoms. The van der Waals surface area contributed by atoms with Crippen LogP contribution in [-0.4, -0.2) is 30.3 Å². The Morgan fingerprint density at radius 1 is 1.40 bits per heavy atom. The van der Waals surface area contributed by atoms with E-state index in [2.05, 4.69) is 10.2 Å². The fourth-order valence-corrected chi connectivity index (χ4v) is 1.37. The van der Waals surface area contributed by atoms with Gasteiger partial charge in [-0.1, -0.05) is 19.3 Å². The zero-order chi connectivity index (χ0) is 11.1. The monoisotopic (exact) mass is 216 g/mol. The van der Waals surface area contributed by atoms with Crippen LogP contribution in [0.15, 0.2) is 0 Å². The maximum absolute atomic E-state index is 11.0. The van der Waals surface area contributed by atoms with E-state index >= 15 is 0 Å². The first-order chi connectivity index (χ1) is 7.18. The number of urea groups is 1. The van der Waals surface area contributed by atoms with Crippen molar-refractivity contribution in [2.45, 2.75) is 25.7 Å². The van der Waals surface area contributed by atoms with Gasteiger partial charge < -0.3 is 10.4 Å². The largest absolute Gasteiger partial charge is 0.479 e. The Balaban J connectivity index is 1.90. The molecular formula is C9H16N2O4. The van der Waals surface area contributed by atoms with Gasteiger partial charge in [0.2, 0.25) is 0 Å². The van der Waals surface area contributed by atoms with Crippen molar-refractivity contribution in [3.63, 3.8) is 0 Å². The second kappa shape index (κ2) is 6.23. The number of amides is 2. The molecule has 1 aliphatic carbocycles. The molecule has 0 atom stereocenters. The fraction of sp³-hybridized carbons (Fsp3) is 0.778. The zero-order valence-corrected chi connectivity index (χ0v) is 8.49. The van der Waals surface area contributed by atoms with E-state index in [4.69, 9.17) is 5.11 Å². The summed E-state index contributed by atoms with van der Waals surface area (Å²) in [6, 6.07) is -0.490. The minimum Gasteiger partial charge on any atom is -0.479 e. The summed E-state index contributed by atoms with van der Waals surface area (Å²) >= 11 is 0. The van der Waals surface area contributed by atoms with Gasteiger partial charge in [0.1, 0.15) is 0 Å². The van der Waals surface area contributed by atoms with Crippen molar-refractivity contribution in [1.29, 1.82) is 0 Å². The van der Waals surface area contributed by atoms with E-state index in [1.807, 2.05) is 5.48 Å². The van der Waals surface area contributed by atoms with Crippen LogP contribution in [0.25, 0.3) is 0 Å². The van der Waals surface area contributed by atoms with Crippen molar-refractivity contribution in [3.8, 4) is 0 Å². The number of hydroxylamine groups is 1. The molecule has 15 heavy (non-hydrogen) atoms. The Morgan fingerprint density at radius 2 is 2.13 bits per heavy atom. The van der Waals surface area contributed by atoms with Crippen molar-refractivity contribution in [3.05, 3.63) is 0 Å². The lowest BCUT2D eigenvalue weighted by Gasteiger charge is -2.25. The summed E-state index contributed by atoms with van der Waals surface area (Å²) in [5, 5.41) is 10.8. The zero-order valence-electron chi connectivity index (χ0n) is 8.49. The summed E-state index contributed by atoms with van der Waals surface area (Å²) in [6.07, 6.45) is 4.77. The van der Waals surface area contributed by atoms with E-state index < -0.39 is 18.6 Å². The molecule has 2 amide bonds. The number of carboxylic acids is 1. The summed E-state index contributed by atoms with van der Waals surface area (Å²) in [5.41, 5.74) is 1.99. The third kappa shape index (κ3) is 5.21. The van der Waals surface area contributed by atoms with Gasteiger partial charge in [0.25, 0.3) is 0 Å². The molecule has 0 saturated heterocycles. The normalized spacial score (nSPS) is 15.5. The van der Waals surface area contributed by atoms with Crippen LogP contribution in [0, 0.1) is 5.92 Å².